The van der Waals surface area contributed by atoms with Crippen LogP contribution in [0.5, 0.6) is 0 Å². The van der Waals surface area contributed by atoms with Crippen molar-refractivity contribution >= 4 is 17.3 Å². The Kier molecular flexibility index (Phi) is 4.09. The lowest BCUT2D eigenvalue weighted by atomic mass is 10.0. The van der Waals surface area contributed by atoms with Gasteiger partial charge in [-0.1, -0.05) is 40.9 Å². The Balaban J connectivity index is 2.25. The molecule has 2 aromatic rings. The van der Waals surface area contributed by atoms with Crippen LogP contribution in [0.15, 0.2) is 42.5 Å². The van der Waals surface area contributed by atoms with E-state index in [0.717, 1.165) is 22.4 Å². The molecule has 1 unspecified atom stereocenters. The Hall–Kier alpha value is -1.98. The molecule has 0 bridgehead atoms. The first-order valence-corrected chi connectivity index (χ1v) is 6.46. The predicted molar refractivity (Wildman–Crippen MR) is 79.3 cm³/mol. The third-order valence-corrected chi connectivity index (χ3v) is 3.11. The molecule has 0 saturated heterocycles. The fourth-order valence-corrected chi connectivity index (χ4v) is 2.21. The van der Waals surface area contributed by atoms with Crippen molar-refractivity contribution < 1.29 is 0 Å². The van der Waals surface area contributed by atoms with Gasteiger partial charge in [-0.2, -0.15) is 5.26 Å². The molecule has 0 spiro atoms. The van der Waals surface area contributed by atoms with E-state index < -0.39 is 0 Å². The summed E-state index contributed by atoms with van der Waals surface area (Å²) in [7, 11) is 0. The summed E-state index contributed by atoms with van der Waals surface area (Å²) in [6.45, 7) is 4.07. The summed E-state index contributed by atoms with van der Waals surface area (Å²) in [6, 6.07) is 15.4. The smallest absolute Gasteiger partial charge is 0.140 e. The molecule has 19 heavy (non-hydrogen) atoms. The van der Waals surface area contributed by atoms with E-state index in [1.54, 1.807) is 12.1 Å². The first-order chi connectivity index (χ1) is 9.08. The number of aryl methyl sites for hydroxylation is 2. The van der Waals surface area contributed by atoms with Gasteiger partial charge in [0.1, 0.15) is 6.04 Å². The number of nitriles is 1. The van der Waals surface area contributed by atoms with E-state index in [1.165, 1.54) is 0 Å². The first kappa shape index (κ1) is 13.5. The van der Waals surface area contributed by atoms with Crippen LogP contribution >= 0.6 is 11.6 Å². The highest BCUT2D eigenvalue weighted by molar-refractivity contribution is 6.30. The van der Waals surface area contributed by atoms with Gasteiger partial charge in [-0.15, -0.1) is 0 Å². The lowest BCUT2D eigenvalue weighted by Crippen LogP contribution is -2.08. The monoisotopic (exact) mass is 270 g/mol. The van der Waals surface area contributed by atoms with Crippen LogP contribution in [0.2, 0.25) is 5.02 Å². The van der Waals surface area contributed by atoms with Gasteiger partial charge in [-0.25, -0.2) is 0 Å². The molecule has 0 aromatic heterocycles. The molecule has 0 aliphatic rings. The molecular formula is C16H15ClN2. The van der Waals surface area contributed by atoms with Crippen molar-refractivity contribution in [2.45, 2.75) is 19.9 Å². The molecule has 0 aliphatic heterocycles. The summed E-state index contributed by atoms with van der Waals surface area (Å²) in [4.78, 5) is 0. The molecule has 0 heterocycles. The van der Waals surface area contributed by atoms with Crippen LogP contribution in [-0.2, 0) is 0 Å². The summed E-state index contributed by atoms with van der Waals surface area (Å²) in [5.41, 5.74) is 4.19. The number of halogens is 1. The molecule has 0 saturated carbocycles. The Bertz CT molecular complexity index is 591. The van der Waals surface area contributed by atoms with E-state index in [-0.39, 0.29) is 6.04 Å². The maximum Gasteiger partial charge on any atom is 0.140 e. The summed E-state index contributed by atoms with van der Waals surface area (Å²) in [5, 5.41) is 13.2. The molecule has 0 amide bonds. The summed E-state index contributed by atoms with van der Waals surface area (Å²) < 4.78 is 0. The summed E-state index contributed by atoms with van der Waals surface area (Å²) in [6.07, 6.45) is 0. The number of nitrogens with one attached hydrogen (secondary N) is 1. The minimum atomic E-state index is -0.361. The number of benzene rings is 2. The lowest BCUT2D eigenvalue weighted by Gasteiger charge is -2.14. The molecule has 2 rings (SSSR count). The molecule has 2 aromatic carbocycles. The molecule has 96 valence electrons. The van der Waals surface area contributed by atoms with Gasteiger partial charge in [-0.05, 0) is 43.7 Å². The maximum absolute atomic E-state index is 9.34. The van der Waals surface area contributed by atoms with Crippen LogP contribution in [0.3, 0.4) is 0 Å². The van der Waals surface area contributed by atoms with Crippen LogP contribution in [0, 0.1) is 25.2 Å². The average molecular weight is 271 g/mol. The minimum Gasteiger partial charge on any atom is -0.366 e. The lowest BCUT2D eigenvalue weighted by molar-refractivity contribution is 0.990. The molecule has 2 nitrogen and oxygen atoms in total. The number of rotatable bonds is 3. The van der Waals surface area contributed by atoms with Crippen LogP contribution < -0.4 is 5.32 Å². The third-order valence-electron chi connectivity index (χ3n) is 2.86. The second-order valence-corrected chi connectivity index (χ2v) is 5.07. The Morgan fingerprint density at radius 1 is 1.05 bits per heavy atom. The van der Waals surface area contributed by atoms with Crippen molar-refractivity contribution in [3.8, 4) is 6.07 Å². The van der Waals surface area contributed by atoms with Crippen molar-refractivity contribution in [2.75, 3.05) is 5.32 Å². The zero-order chi connectivity index (χ0) is 13.8. The predicted octanol–water partition coefficient (Wildman–Crippen LogP) is 4.63. The van der Waals surface area contributed by atoms with Crippen molar-refractivity contribution in [3.63, 3.8) is 0 Å². The third kappa shape index (κ3) is 3.49. The van der Waals surface area contributed by atoms with E-state index in [4.69, 9.17) is 11.6 Å². The fraction of sp³-hybridized carbons (Fsp3) is 0.188. The molecule has 0 fully saturated rings. The zero-order valence-electron chi connectivity index (χ0n) is 10.9. The van der Waals surface area contributed by atoms with Crippen LogP contribution in [0.25, 0.3) is 0 Å². The van der Waals surface area contributed by atoms with Gasteiger partial charge in [0.25, 0.3) is 0 Å². The number of anilines is 1. The molecule has 1 atom stereocenters. The number of nitrogens with zero attached hydrogens (tertiary/aromatic N) is 1. The Morgan fingerprint density at radius 2 is 1.63 bits per heavy atom. The fourth-order valence-electron chi connectivity index (χ4n) is 2.08. The molecule has 1 N–H and O–H groups in total. The zero-order valence-corrected chi connectivity index (χ0v) is 11.7. The van der Waals surface area contributed by atoms with E-state index in [9.17, 15) is 5.26 Å². The van der Waals surface area contributed by atoms with Crippen molar-refractivity contribution in [3.05, 3.63) is 64.2 Å². The van der Waals surface area contributed by atoms with Crippen LogP contribution in [0.1, 0.15) is 22.7 Å². The van der Waals surface area contributed by atoms with Crippen molar-refractivity contribution in [1.29, 1.82) is 5.26 Å². The van der Waals surface area contributed by atoms with Crippen LogP contribution in [-0.4, -0.2) is 0 Å². The van der Waals surface area contributed by atoms with E-state index in [1.807, 2.05) is 38.1 Å². The molecular weight excluding hydrogens is 256 g/mol. The van der Waals surface area contributed by atoms with E-state index in [0.29, 0.717) is 5.02 Å². The van der Waals surface area contributed by atoms with E-state index in [2.05, 4.69) is 17.5 Å². The highest BCUT2D eigenvalue weighted by atomic mass is 35.5. The number of hydrogen-bond donors (Lipinski definition) is 1. The molecule has 3 heteroatoms. The minimum absolute atomic E-state index is 0.361. The van der Waals surface area contributed by atoms with Crippen molar-refractivity contribution in [2.24, 2.45) is 0 Å². The topological polar surface area (TPSA) is 35.8 Å². The second kappa shape index (κ2) is 5.77. The quantitative estimate of drug-likeness (QED) is 0.882. The van der Waals surface area contributed by atoms with Gasteiger partial charge in [0.15, 0.2) is 0 Å². The van der Waals surface area contributed by atoms with Gasteiger partial charge >= 0.3 is 0 Å². The standard InChI is InChI=1S/C16H15ClN2/c1-11-7-12(2)9-13(8-11)16(10-18)19-15-5-3-14(17)4-6-15/h3-9,16,19H,1-2H3. The Labute approximate surface area is 118 Å². The van der Waals surface area contributed by atoms with Gasteiger partial charge < -0.3 is 5.32 Å². The van der Waals surface area contributed by atoms with E-state index >= 15 is 0 Å². The highest BCUT2D eigenvalue weighted by Crippen LogP contribution is 2.22. The second-order valence-electron chi connectivity index (χ2n) is 4.63. The highest BCUT2D eigenvalue weighted by Gasteiger charge is 2.11. The van der Waals surface area contributed by atoms with Crippen molar-refractivity contribution in [1.82, 2.24) is 0 Å². The number of hydrogen-bond acceptors (Lipinski definition) is 2. The molecule has 0 radical (unpaired) electrons. The van der Waals surface area contributed by atoms with Gasteiger partial charge in [0, 0.05) is 10.7 Å². The van der Waals surface area contributed by atoms with Gasteiger partial charge in [0.05, 0.1) is 6.07 Å². The normalized spacial score (nSPS) is 11.7. The maximum atomic E-state index is 9.34. The van der Waals surface area contributed by atoms with Crippen LogP contribution in [0.4, 0.5) is 5.69 Å². The first-order valence-electron chi connectivity index (χ1n) is 6.08. The molecule has 0 aliphatic carbocycles. The Morgan fingerprint density at radius 3 is 2.16 bits per heavy atom. The summed E-state index contributed by atoms with van der Waals surface area (Å²) >= 11 is 5.85. The van der Waals surface area contributed by atoms with Gasteiger partial charge in [0.2, 0.25) is 0 Å². The largest absolute Gasteiger partial charge is 0.366 e. The van der Waals surface area contributed by atoms with Gasteiger partial charge in [-0.3, -0.25) is 0 Å². The average Bonchev–Trinajstić information content (AvgIpc) is 2.37. The summed E-state index contributed by atoms with van der Waals surface area (Å²) in [5.74, 6) is 0. The SMILES string of the molecule is Cc1cc(C)cc(C(C#N)Nc2ccc(Cl)cc2)c1.